The molecular weight excluding hydrogens is 348 g/mol. The number of rotatable bonds is 2. The minimum atomic E-state index is -0.406. The third-order valence-corrected chi connectivity index (χ3v) is 6.07. The Balaban J connectivity index is 1.69. The van der Waals surface area contributed by atoms with Gasteiger partial charge in [0.15, 0.2) is 0 Å². The van der Waals surface area contributed by atoms with Crippen molar-refractivity contribution >= 4 is 40.4 Å². The van der Waals surface area contributed by atoms with Gasteiger partial charge in [-0.15, -0.1) is 0 Å². The van der Waals surface area contributed by atoms with Crippen LogP contribution in [0.1, 0.15) is 43.4 Å². The van der Waals surface area contributed by atoms with Crippen LogP contribution < -0.4 is 5.32 Å². The molecule has 2 aliphatic rings. The van der Waals surface area contributed by atoms with Crippen LogP contribution in [0.3, 0.4) is 0 Å². The summed E-state index contributed by atoms with van der Waals surface area (Å²) in [6.45, 7) is 1.86. The fourth-order valence-corrected chi connectivity index (χ4v) is 4.54. The highest BCUT2D eigenvalue weighted by molar-refractivity contribution is 8.14. The van der Waals surface area contributed by atoms with Crippen LogP contribution in [0.2, 0.25) is 5.02 Å². The maximum absolute atomic E-state index is 12.5. The van der Waals surface area contributed by atoms with Crippen molar-refractivity contribution in [3.8, 4) is 0 Å². The molecular formula is C17H19ClN2O3S. The average molecular weight is 367 g/mol. The van der Waals surface area contributed by atoms with Gasteiger partial charge in [-0.2, -0.15) is 0 Å². The normalized spacial score (nSPS) is 27.4. The molecule has 1 saturated carbocycles. The molecule has 128 valence electrons. The lowest BCUT2D eigenvalue weighted by Gasteiger charge is -2.27. The van der Waals surface area contributed by atoms with Crippen molar-refractivity contribution < 1.29 is 14.4 Å². The smallest absolute Gasteiger partial charge is 0.325 e. The SMILES string of the molecule is CC1C(c2ccc(Cl)cc2)SC(=O)N1C(=O)NC1CCCC(=O)C1. The summed E-state index contributed by atoms with van der Waals surface area (Å²) >= 11 is 7.05. The van der Waals surface area contributed by atoms with Crippen LogP contribution in [0.4, 0.5) is 9.59 Å². The van der Waals surface area contributed by atoms with Crippen LogP contribution in [-0.2, 0) is 4.79 Å². The number of halogens is 1. The first-order valence-corrected chi connectivity index (χ1v) is 9.29. The number of nitrogens with one attached hydrogen (secondary N) is 1. The molecule has 0 bridgehead atoms. The predicted octanol–water partition coefficient (Wildman–Crippen LogP) is 4.16. The number of imide groups is 1. The third-order valence-electron chi connectivity index (χ3n) is 4.50. The molecule has 24 heavy (non-hydrogen) atoms. The first kappa shape index (κ1) is 17.3. The molecule has 1 saturated heterocycles. The molecule has 1 aromatic carbocycles. The Kier molecular flexibility index (Phi) is 5.15. The summed E-state index contributed by atoms with van der Waals surface area (Å²) in [6, 6.07) is 6.49. The number of hydrogen-bond donors (Lipinski definition) is 1. The zero-order valence-corrected chi connectivity index (χ0v) is 14.9. The molecule has 1 aliphatic carbocycles. The van der Waals surface area contributed by atoms with Crippen molar-refractivity contribution in [2.24, 2.45) is 0 Å². The van der Waals surface area contributed by atoms with Gasteiger partial charge in [0.05, 0.1) is 11.3 Å². The number of urea groups is 1. The summed E-state index contributed by atoms with van der Waals surface area (Å²) in [5.74, 6) is 0.167. The van der Waals surface area contributed by atoms with E-state index >= 15 is 0 Å². The van der Waals surface area contributed by atoms with Crippen LogP contribution in [0, 0.1) is 0 Å². The third kappa shape index (κ3) is 3.59. The van der Waals surface area contributed by atoms with E-state index in [4.69, 9.17) is 11.6 Å². The maximum atomic E-state index is 12.5. The Morgan fingerprint density at radius 2 is 2.00 bits per heavy atom. The van der Waals surface area contributed by atoms with Gasteiger partial charge in [0.25, 0.3) is 5.24 Å². The van der Waals surface area contributed by atoms with Crippen LogP contribution in [-0.4, -0.2) is 34.0 Å². The first-order chi connectivity index (χ1) is 11.5. The number of hydrogen-bond acceptors (Lipinski definition) is 4. The molecule has 3 rings (SSSR count). The van der Waals surface area contributed by atoms with E-state index < -0.39 is 6.03 Å². The second-order valence-corrected chi connectivity index (χ2v) is 7.78. The van der Waals surface area contributed by atoms with E-state index in [0.29, 0.717) is 17.9 Å². The lowest BCUT2D eigenvalue weighted by molar-refractivity contribution is -0.120. The summed E-state index contributed by atoms with van der Waals surface area (Å²) in [4.78, 5) is 37.6. The van der Waals surface area contributed by atoms with E-state index in [1.165, 1.54) is 4.90 Å². The number of nitrogens with zero attached hydrogens (tertiary/aromatic N) is 1. The number of amides is 3. The van der Waals surface area contributed by atoms with E-state index in [2.05, 4.69) is 5.32 Å². The standard InChI is InChI=1S/C17H19ClN2O3S/c1-10-15(11-5-7-12(18)8-6-11)24-17(23)20(10)16(22)19-13-3-2-4-14(21)9-13/h5-8,10,13,15H,2-4,9H2,1H3,(H,19,22). The van der Waals surface area contributed by atoms with Crippen LogP contribution in [0.25, 0.3) is 0 Å². The largest absolute Gasteiger partial charge is 0.334 e. The molecule has 1 aromatic rings. The van der Waals surface area contributed by atoms with Crippen molar-refractivity contribution in [1.29, 1.82) is 0 Å². The summed E-state index contributed by atoms with van der Waals surface area (Å²) in [7, 11) is 0. The van der Waals surface area contributed by atoms with E-state index in [1.54, 1.807) is 12.1 Å². The van der Waals surface area contributed by atoms with Crippen molar-refractivity contribution in [2.75, 3.05) is 0 Å². The Morgan fingerprint density at radius 1 is 1.29 bits per heavy atom. The van der Waals surface area contributed by atoms with Gasteiger partial charge in [-0.1, -0.05) is 35.5 Å². The fourth-order valence-electron chi connectivity index (χ4n) is 3.22. The molecule has 0 aromatic heterocycles. The molecule has 3 unspecified atom stereocenters. The van der Waals surface area contributed by atoms with Crippen LogP contribution >= 0.6 is 23.4 Å². The van der Waals surface area contributed by atoms with Gasteiger partial charge >= 0.3 is 6.03 Å². The molecule has 3 atom stereocenters. The molecule has 1 N–H and O–H groups in total. The van der Waals surface area contributed by atoms with Gasteiger partial charge in [0.2, 0.25) is 0 Å². The van der Waals surface area contributed by atoms with E-state index in [9.17, 15) is 14.4 Å². The summed E-state index contributed by atoms with van der Waals surface area (Å²) in [5.41, 5.74) is 0.966. The monoisotopic (exact) mass is 366 g/mol. The Morgan fingerprint density at radius 3 is 2.67 bits per heavy atom. The zero-order valence-electron chi connectivity index (χ0n) is 13.3. The number of Topliss-reactive ketones (excluding diaryl/α,β-unsaturated/α-hetero) is 1. The molecule has 3 amide bonds. The molecule has 7 heteroatoms. The topological polar surface area (TPSA) is 66.5 Å². The second kappa shape index (κ2) is 7.15. The number of carbonyl (C=O) groups excluding carboxylic acids is 3. The zero-order chi connectivity index (χ0) is 17.3. The molecule has 5 nitrogen and oxygen atoms in total. The van der Waals surface area contributed by atoms with Crippen molar-refractivity contribution in [1.82, 2.24) is 10.2 Å². The van der Waals surface area contributed by atoms with Gasteiger partial charge in [-0.05, 0) is 37.5 Å². The molecule has 1 aliphatic heterocycles. The molecule has 0 radical (unpaired) electrons. The van der Waals surface area contributed by atoms with Crippen molar-refractivity contribution in [3.05, 3.63) is 34.9 Å². The molecule has 0 spiro atoms. The van der Waals surface area contributed by atoms with Crippen LogP contribution in [0.5, 0.6) is 0 Å². The predicted molar refractivity (Wildman–Crippen MR) is 94.3 cm³/mol. The van der Waals surface area contributed by atoms with E-state index in [0.717, 1.165) is 30.2 Å². The molecule has 1 heterocycles. The summed E-state index contributed by atoms with van der Waals surface area (Å²) in [5, 5.41) is 3.10. The Hall–Kier alpha value is -1.53. The first-order valence-electron chi connectivity index (χ1n) is 8.03. The van der Waals surface area contributed by atoms with Crippen LogP contribution in [0.15, 0.2) is 24.3 Å². The second-order valence-electron chi connectivity index (χ2n) is 6.25. The van der Waals surface area contributed by atoms with Crippen molar-refractivity contribution in [3.63, 3.8) is 0 Å². The minimum Gasteiger partial charge on any atom is -0.334 e. The maximum Gasteiger partial charge on any atom is 0.325 e. The fraction of sp³-hybridized carbons (Fsp3) is 0.471. The minimum absolute atomic E-state index is 0.117. The lowest BCUT2D eigenvalue weighted by Crippen LogP contribution is -2.49. The quantitative estimate of drug-likeness (QED) is 0.853. The van der Waals surface area contributed by atoms with Gasteiger partial charge in [-0.3, -0.25) is 14.5 Å². The number of thioether (sulfide) groups is 1. The van der Waals surface area contributed by atoms with E-state index in [-0.39, 0.29) is 28.4 Å². The number of carbonyl (C=O) groups is 3. The highest BCUT2D eigenvalue weighted by Crippen LogP contribution is 2.43. The Labute approximate surface area is 150 Å². The van der Waals surface area contributed by atoms with Gasteiger partial charge in [0.1, 0.15) is 5.78 Å². The van der Waals surface area contributed by atoms with Gasteiger partial charge in [0, 0.05) is 23.9 Å². The highest BCUT2D eigenvalue weighted by atomic mass is 35.5. The van der Waals surface area contributed by atoms with Gasteiger partial charge < -0.3 is 5.32 Å². The Bertz CT molecular complexity index is 664. The average Bonchev–Trinajstić information content (AvgIpc) is 2.83. The summed E-state index contributed by atoms with van der Waals surface area (Å²) < 4.78 is 0. The van der Waals surface area contributed by atoms with Gasteiger partial charge in [-0.25, -0.2) is 4.79 Å². The van der Waals surface area contributed by atoms with E-state index in [1.807, 2.05) is 19.1 Å². The van der Waals surface area contributed by atoms with Crippen molar-refractivity contribution in [2.45, 2.75) is 49.9 Å². The molecule has 2 fully saturated rings. The number of ketones is 1. The highest BCUT2D eigenvalue weighted by Gasteiger charge is 2.42. The lowest BCUT2D eigenvalue weighted by atomic mass is 9.94. The summed E-state index contributed by atoms with van der Waals surface area (Å²) in [6.07, 6.45) is 2.51. The number of benzene rings is 1.